The third kappa shape index (κ3) is 3.68. The van der Waals surface area contributed by atoms with Crippen LogP contribution < -0.4 is 0 Å². The number of benzene rings is 1. The van der Waals surface area contributed by atoms with Crippen LogP contribution in [0.1, 0.15) is 42.1 Å². The average Bonchev–Trinajstić information content (AvgIpc) is 2.43. The molecule has 1 rings (SSSR count). The van der Waals surface area contributed by atoms with Gasteiger partial charge in [-0.15, -0.1) is 0 Å². The van der Waals surface area contributed by atoms with Crippen LogP contribution in [0.5, 0.6) is 5.75 Å². The highest BCUT2D eigenvalue weighted by atomic mass is 16.5. The smallest absolute Gasteiger partial charge is 0.312 e. The maximum absolute atomic E-state index is 11.9. The first-order valence-corrected chi connectivity index (χ1v) is 6.12. The number of hydrogen-bond donors (Lipinski definition) is 1. The second kappa shape index (κ2) is 6.73. The molecule has 0 aromatic heterocycles. The molecule has 0 saturated carbocycles. The molecule has 1 atom stereocenters. The highest BCUT2D eigenvalue weighted by Gasteiger charge is 2.18. The number of phenols is 1. The third-order valence-corrected chi connectivity index (χ3v) is 2.85. The van der Waals surface area contributed by atoms with Crippen molar-refractivity contribution >= 4 is 11.8 Å². The molecule has 0 fully saturated rings. The number of carbonyl (C=O) groups excluding carboxylic acids is 2. The minimum atomic E-state index is -0.479. The van der Waals surface area contributed by atoms with Crippen molar-refractivity contribution in [1.29, 1.82) is 0 Å². The maximum atomic E-state index is 11.9. The predicted octanol–water partition coefficient (Wildman–Crippen LogP) is 2.82. The fraction of sp³-hybridized carbons (Fsp3) is 0.333. The summed E-state index contributed by atoms with van der Waals surface area (Å²) in [7, 11) is 1.31. The summed E-state index contributed by atoms with van der Waals surface area (Å²) in [6.07, 6.45) is 3.88. The minimum absolute atomic E-state index is 0.0911. The molecule has 0 heterocycles. The minimum Gasteiger partial charge on any atom is -0.507 e. The van der Waals surface area contributed by atoms with Gasteiger partial charge in [0.15, 0.2) is 5.78 Å². The van der Waals surface area contributed by atoms with E-state index in [-0.39, 0.29) is 23.1 Å². The lowest BCUT2D eigenvalue weighted by Crippen LogP contribution is -2.11. The van der Waals surface area contributed by atoms with E-state index in [1.165, 1.54) is 25.3 Å². The Labute approximate surface area is 112 Å². The first kappa shape index (κ1) is 15.0. The molecule has 1 aromatic carbocycles. The van der Waals surface area contributed by atoms with Gasteiger partial charge in [0.25, 0.3) is 0 Å². The van der Waals surface area contributed by atoms with E-state index in [0.29, 0.717) is 5.56 Å². The van der Waals surface area contributed by atoms with E-state index in [0.717, 1.165) is 6.42 Å². The van der Waals surface area contributed by atoms with E-state index in [9.17, 15) is 14.7 Å². The van der Waals surface area contributed by atoms with Gasteiger partial charge in [0.1, 0.15) is 5.75 Å². The lowest BCUT2D eigenvalue weighted by Gasteiger charge is -2.11. The first-order chi connectivity index (χ1) is 9.01. The Morgan fingerprint density at radius 1 is 1.42 bits per heavy atom. The fourth-order valence-corrected chi connectivity index (χ4v) is 1.65. The van der Waals surface area contributed by atoms with E-state index in [1.54, 1.807) is 19.1 Å². The second-order valence-corrected chi connectivity index (χ2v) is 4.20. The monoisotopic (exact) mass is 262 g/mol. The van der Waals surface area contributed by atoms with Gasteiger partial charge in [-0.2, -0.15) is 0 Å². The van der Waals surface area contributed by atoms with Gasteiger partial charge < -0.3 is 9.84 Å². The van der Waals surface area contributed by atoms with Crippen LogP contribution >= 0.6 is 0 Å². The molecular weight excluding hydrogens is 244 g/mol. The molecule has 4 heteroatoms. The summed E-state index contributed by atoms with van der Waals surface area (Å²) in [5, 5.41) is 9.71. The normalized spacial score (nSPS) is 12.4. The Bertz CT molecular complexity index is 503. The highest BCUT2D eigenvalue weighted by molar-refractivity contribution is 6.06. The zero-order valence-corrected chi connectivity index (χ0v) is 11.3. The van der Waals surface area contributed by atoms with Crippen LogP contribution in [0, 0.1) is 0 Å². The summed E-state index contributed by atoms with van der Waals surface area (Å²) >= 11 is 0. The molecule has 0 aliphatic rings. The van der Waals surface area contributed by atoms with Gasteiger partial charge >= 0.3 is 5.97 Å². The molecule has 1 aromatic rings. The third-order valence-electron chi connectivity index (χ3n) is 2.85. The van der Waals surface area contributed by atoms with Crippen LogP contribution in [0.3, 0.4) is 0 Å². The van der Waals surface area contributed by atoms with Gasteiger partial charge in [0.05, 0.1) is 18.6 Å². The Balaban J connectivity index is 3.10. The molecule has 0 aliphatic carbocycles. The molecule has 0 radical (unpaired) electrons. The van der Waals surface area contributed by atoms with Crippen LogP contribution in [0.4, 0.5) is 0 Å². The molecule has 0 spiro atoms. The summed E-state index contributed by atoms with van der Waals surface area (Å²) < 4.78 is 4.66. The summed E-state index contributed by atoms with van der Waals surface area (Å²) in [5.41, 5.74) is 0.829. The van der Waals surface area contributed by atoms with Crippen molar-refractivity contribution < 1.29 is 19.4 Å². The molecule has 19 heavy (non-hydrogen) atoms. The number of ketones is 1. The molecule has 0 saturated heterocycles. The number of hydrogen-bond acceptors (Lipinski definition) is 4. The van der Waals surface area contributed by atoms with Crippen molar-refractivity contribution in [2.24, 2.45) is 0 Å². The quantitative estimate of drug-likeness (QED) is 0.503. The molecule has 0 amide bonds. The van der Waals surface area contributed by atoms with E-state index in [1.807, 2.05) is 6.92 Å². The van der Waals surface area contributed by atoms with Gasteiger partial charge in [0.2, 0.25) is 0 Å². The molecule has 4 nitrogen and oxygen atoms in total. The summed E-state index contributed by atoms with van der Waals surface area (Å²) in [5.74, 6) is -1.23. The van der Waals surface area contributed by atoms with Crippen LogP contribution in [0.15, 0.2) is 30.4 Å². The van der Waals surface area contributed by atoms with Gasteiger partial charge in [-0.25, -0.2) is 0 Å². The number of esters is 1. The number of ether oxygens (including phenoxy) is 1. The number of carbonyl (C=O) groups is 2. The Morgan fingerprint density at radius 3 is 2.68 bits per heavy atom. The number of rotatable bonds is 5. The van der Waals surface area contributed by atoms with Crippen molar-refractivity contribution in [3.63, 3.8) is 0 Å². The largest absolute Gasteiger partial charge is 0.507 e. The van der Waals surface area contributed by atoms with Crippen molar-refractivity contribution in [3.05, 3.63) is 41.5 Å². The average molecular weight is 262 g/mol. The van der Waals surface area contributed by atoms with Crippen LogP contribution in [0.25, 0.3) is 0 Å². The van der Waals surface area contributed by atoms with Gasteiger partial charge in [-0.05, 0) is 37.1 Å². The van der Waals surface area contributed by atoms with E-state index in [4.69, 9.17) is 0 Å². The maximum Gasteiger partial charge on any atom is 0.312 e. The van der Waals surface area contributed by atoms with E-state index in [2.05, 4.69) is 4.74 Å². The van der Waals surface area contributed by atoms with Crippen LogP contribution in [-0.4, -0.2) is 24.0 Å². The van der Waals surface area contributed by atoms with Gasteiger partial charge in [-0.3, -0.25) is 9.59 Å². The van der Waals surface area contributed by atoms with E-state index >= 15 is 0 Å². The summed E-state index contributed by atoms with van der Waals surface area (Å²) in [6, 6.07) is 4.55. The Morgan fingerprint density at radius 2 is 2.11 bits per heavy atom. The molecule has 0 bridgehead atoms. The number of allylic oxidation sites excluding steroid dienone is 2. The lowest BCUT2D eigenvalue weighted by atomic mass is 9.97. The molecule has 1 N–H and O–H groups in total. The standard InChI is InChI=1S/C15H18O4/c1-4-5-6-13(16)12-9-11(7-8-14(12)17)10(2)15(18)19-3/h5-10,17H,4H2,1-3H3. The zero-order chi connectivity index (χ0) is 14.4. The Kier molecular flexibility index (Phi) is 5.30. The van der Waals surface area contributed by atoms with Crippen LogP contribution in [0.2, 0.25) is 0 Å². The molecule has 0 aliphatic heterocycles. The van der Waals surface area contributed by atoms with Crippen LogP contribution in [-0.2, 0) is 9.53 Å². The van der Waals surface area contributed by atoms with Gasteiger partial charge in [0, 0.05) is 0 Å². The lowest BCUT2D eigenvalue weighted by molar-refractivity contribution is -0.142. The van der Waals surface area contributed by atoms with E-state index < -0.39 is 5.92 Å². The highest BCUT2D eigenvalue weighted by Crippen LogP contribution is 2.25. The second-order valence-electron chi connectivity index (χ2n) is 4.20. The first-order valence-electron chi connectivity index (χ1n) is 6.12. The Hall–Kier alpha value is -2.10. The molecular formula is C15H18O4. The fourth-order valence-electron chi connectivity index (χ4n) is 1.65. The van der Waals surface area contributed by atoms with Crippen molar-refractivity contribution in [2.45, 2.75) is 26.2 Å². The number of phenolic OH excluding ortho intramolecular Hbond substituents is 1. The zero-order valence-electron chi connectivity index (χ0n) is 11.3. The summed E-state index contributed by atoms with van der Waals surface area (Å²) in [6.45, 7) is 3.60. The SMILES string of the molecule is CCC=CC(=O)c1cc(C(C)C(=O)OC)ccc1O. The van der Waals surface area contributed by atoms with Crippen molar-refractivity contribution in [3.8, 4) is 5.75 Å². The predicted molar refractivity (Wildman–Crippen MR) is 72.3 cm³/mol. The topological polar surface area (TPSA) is 63.6 Å². The molecule has 1 unspecified atom stereocenters. The number of methoxy groups -OCH3 is 1. The van der Waals surface area contributed by atoms with Gasteiger partial charge in [-0.1, -0.05) is 19.1 Å². The number of aromatic hydroxyl groups is 1. The van der Waals surface area contributed by atoms with Crippen molar-refractivity contribution in [1.82, 2.24) is 0 Å². The summed E-state index contributed by atoms with van der Waals surface area (Å²) in [4.78, 5) is 23.3. The molecule has 102 valence electrons. The van der Waals surface area contributed by atoms with Crippen molar-refractivity contribution in [2.75, 3.05) is 7.11 Å².